The molecule has 1 unspecified atom stereocenters. The molecule has 4 N–H and O–H groups in total. The zero-order chi connectivity index (χ0) is 25.9. The largest absolute Gasteiger partial charge is 0.505 e. The van der Waals surface area contributed by atoms with Gasteiger partial charge in [-0.3, -0.25) is 4.79 Å². The van der Waals surface area contributed by atoms with Crippen molar-refractivity contribution < 1.29 is 24.2 Å². The molecule has 0 saturated carbocycles. The molecular formula is C27H28Cl2N2O5. The van der Waals surface area contributed by atoms with Crippen LogP contribution >= 0.6 is 23.2 Å². The summed E-state index contributed by atoms with van der Waals surface area (Å²) in [5, 5.41) is 13.1. The molecule has 3 aromatic rings. The van der Waals surface area contributed by atoms with Crippen molar-refractivity contribution in [3.05, 3.63) is 93.5 Å². The number of aromatic hydroxyl groups is 1. The van der Waals surface area contributed by atoms with Crippen LogP contribution in [0.2, 0.25) is 10.0 Å². The molecular weight excluding hydrogens is 503 g/mol. The molecule has 0 aliphatic carbocycles. The predicted octanol–water partition coefficient (Wildman–Crippen LogP) is 4.90. The van der Waals surface area contributed by atoms with Crippen LogP contribution in [0.5, 0.6) is 11.5 Å². The average Bonchev–Trinajstić information content (AvgIpc) is 2.89. The molecule has 9 heteroatoms. The number of unbranched alkanes of at least 4 members (excludes halogenated alkanes) is 1. The first-order chi connectivity index (χ1) is 17.4. The number of hydrogen-bond donors (Lipinski definition) is 3. The highest BCUT2D eigenvalue weighted by Gasteiger charge is 2.27. The summed E-state index contributed by atoms with van der Waals surface area (Å²) < 4.78 is 11.0. The molecule has 0 aliphatic rings. The normalized spacial score (nSPS) is 11.5. The van der Waals surface area contributed by atoms with Crippen molar-refractivity contribution in [2.24, 2.45) is 5.73 Å². The van der Waals surface area contributed by atoms with Crippen LogP contribution in [-0.4, -0.2) is 36.2 Å². The summed E-state index contributed by atoms with van der Waals surface area (Å²) in [7, 11) is 0. The molecule has 3 aromatic carbocycles. The van der Waals surface area contributed by atoms with Crippen molar-refractivity contribution in [1.82, 2.24) is 5.32 Å². The number of nitrogens with two attached hydrogens (primary N) is 1. The first kappa shape index (κ1) is 27.3. The second kappa shape index (κ2) is 13.7. The number of halogens is 2. The van der Waals surface area contributed by atoms with Gasteiger partial charge in [0.2, 0.25) is 0 Å². The van der Waals surface area contributed by atoms with E-state index in [1.54, 1.807) is 0 Å². The number of carbonyl (C=O) groups excluding carboxylic acids is 2. The molecule has 1 amide bonds. The molecule has 36 heavy (non-hydrogen) atoms. The number of hydrogen-bond acceptors (Lipinski definition) is 6. The molecule has 0 radical (unpaired) electrons. The van der Waals surface area contributed by atoms with Gasteiger partial charge in [-0.15, -0.1) is 0 Å². The van der Waals surface area contributed by atoms with Crippen LogP contribution in [0.25, 0.3) is 0 Å². The smallest absolute Gasteiger partial charge is 0.329 e. The third-order valence-electron chi connectivity index (χ3n) is 5.34. The van der Waals surface area contributed by atoms with Crippen molar-refractivity contribution in [2.75, 3.05) is 13.2 Å². The number of ether oxygens (including phenoxy) is 2. The van der Waals surface area contributed by atoms with Gasteiger partial charge in [0.05, 0.1) is 17.2 Å². The number of nitrogens with one attached hydrogen (secondary N) is 1. The molecule has 1 atom stereocenters. The zero-order valence-electron chi connectivity index (χ0n) is 19.6. The van der Waals surface area contributed by atoms with Crippen LogP contribution in [0.15, 0.2) is 66.7 Å². The van der Waals surface area contributed by atoms with E-state index in [1.165, 1.54) is 6.07 Å². The van der Waals surface area contributed by atoms with Crippen molar-refractivity contribution in [3.63, 3.8) is 0 Å². The molecule has 0 saturated heterocycles. The van der Waals surface area contributed by atoms with Crippen LogP contribution in [-0.2, 0) is 22.6 Å². The molecule has 190 valence electrons. The van der Waals surface area contributed by atoms with Gasteiger partial charge >= 0.3 is 5.97 Å². The third kappa shape index (κ3) is 7.62. The summed E-state index contributed by atoms with van der Waals surface area (Å²) in [5.74, 6) is -1.77. The Hall–Kier alpha value is -3.26. The maximum absolute atomic E-state index is 13.1. The number of phenolic OH excluding ortho intramolecular Hbond substituents is 1. The molecule has 0 aromatic heterocycles. The summed E-state index contributed by atoms with van der Waals surface area (Å²) in [6, 6.07) is 18.6. The quantitative estimate of drug-likeness (QED) is 0.227. The second-order valence-corrected chi connectivity index (χ2v) is 8.84. The van der Waals surface area contributed by atoms with Gasteiger partial charge in [-0.1, -0.05) is 83.9 Å². The maximum Gasteiger partial charge on any atom is 0.329 e. The summed E-state index contributed by atoms with van der Waals surface area (Å²) in [6.07, 6.45) is 1.62. The highest BCUT2D eigenvalue weighted by Crippen LogP contribution is 2.42. The molecule has 0 fully saturated rings. The van der Waals surface area contributed by atoms with Crippen LogP contribution in [0, 0.1) is 0 Å². The summed E-state index contributed by atoms with van der Waals surface area (Å²) >= 11 is 12.5. The summed E-state index contributed by atoms with van der Waals surface area (Å²) in [6.45, 7) is 0.876. The predicted molar refractivity (Wildman–Crippen MR) is 140 cm³/mol. The first-order valence-corrected chi connectivity index (χ1v) is 12.3. The number of benzene rings is 3. The third-order valence-corrected chi connectivity index (χ3v) is 5.97. The van der Waals surface area contributed by atoms with Gasteiger partial charge in [-0.25, -0.2) is 4.79 Å². The minimum atomic E-state index is -1.02. The lowest BCUT2D eigenvalue weighted by Crippen LogP contribution is -2.43. The van der Waals surface area contributed by atoms with Crippen molar-refractivity contribution in [1.29, 1.82) is 0 Å². The Morgan fingerprint density at radius 1 is 0.972 bits per heavy atom. The number of esters is 1. The van der Waals surface area contributed by atoms with E-state index in [9.17, 15) is 14.7 Å². The standard InChI is InChI=1S/C27H28Cl2N2O5/c28-21-16-20(24(32)23(29)25(21)35-14-8-7-13-30)26(33)31-22(15-18-9-3-1-4-10-18)27(34)36-17-19-11-5-2-6-12-19/h1-6,9-12,16,22,32H,7-8,13-15,17,30H2,(H,31,33). The monoisotopic (exact) mass is 530 g/mol. The van der Waals surface area contributed by atoms with Gasteiger partial charge in [0.25, 0.3) is 5.91 Å². The fourth-order valence-corrected chi connectivity index (χ4v) is 3.99. The molecule has 3 rings (SSSR count). The highest BCUT2D eigenvalue weighted by molar-refractivity contribution is 6.39. The van der Waals surface area contributed by atoms with E-state index in [0.29, 0.717) is 19.6 Å². The van der Waals surface area contributed by atoms with Crippen LogP contribution < -0.4 is 15.8 Å². The SMILES string of the molecule is NCCCCOc1c(Cl)cc(C(=O)NC(Cc2ccccc2)C(=O)OCc2ccccc2)c(O)c1Cl. The Kier molecular flexibility index (Phi) is 10.4. The van der Waals surface area contributed by atoms with Crippen LogP contribution in [0.3, 0.4) is 0 Å². The topological polar surface area (TPSA) is 111 Å². The van der Waals surface area contributed by atoms with Crippen molar-refractivity contribution in [2.45, 2.75) is 31.9 Å². The van der Waals surface area contributed by atoms with E-state index >= 15 is 0 Å². The van der Waals surface area contributed by atoms with Gasteiger partial charge in [0.1, 0.15) is 17.7 Å². The molecule has 0 heterocycles. The summed E-state index contributed by atoms with van der Waals surface area (Å²) in [5.41, 5.74) is 6.93. The fraction of sp³-hybridized carbons (Fsp3) is 0.259. The minimum absolute atomic E-state index is 0.0555. The van der Waals surface area contributed by atoms with Gasteiger partial charge in [-0.2, -0.15) is 0 Å². The Bertz CT molecular complexity index is 1160. The number of rotatable bonds is 12. The Morgan fingerprint density at radius 3 is 2.25 bits per heavy atom. The van der Waals surface area contributed by atoms with E-state index in [2.05, 4.69) is 5.32 Å². The van der Waals surface area contributed by atoms with Gasteiger partial charge in [-0.05, 0) is 36.6 Å². The van der Waals surface area contributed by atoms with Crippen LogP contribution in [0.1, 0.15) is 34.3 Å². The lowest BCUT2D eigenvalue weighted by Gasteiger charge is -2.19. The number of phenols is 1. The average molecular weight is 531 g/mol. The lowest BCUT2D eigenvalue weighted by atomic mass is 10.0. The van der Waals surface area contributed by atoms with E-state index in [0.717, 1.165) is 17.5 Å². The van der Waals surface area contributed by atoms with E-state index < -0.39 is 23.7 Å². The van der Waals surface area contributed by atoms with E-state index in [4.69, 9.17) is 38.4 Å². The maximum atomic E-state index is 13.1. The van der Waals surface area contributed by atoms with Crippen molar-refractivity contribution >= 4 is 35.1 Å². The molecule has 0 bridgehead atoms. The molecule has 0 aliphatic heterocycles. The van der Waals surface area contributed by atoms with E-state index in [-0.39, 0.29) is 34.4 Å². The zero-order valence-corrected chi connectivity index (χ0v) is 21.1. The number of carbonyl (C=O) groups is 2. The first-order valence-electron chi connectivity index (χ1n) is 11.5. The fourth-order valence-electron chi connectivity index (χ4n) is 3.43. The highest BCUT2D eigenvalue weighted by atomic mass is 35.5. The number of amides is 1. The van der Waals surface area contributed by atoms with E-state index in [1.807, 2.05) is 60.7 Å². The summed E-state index contributed by atoms with van der Waals surface area (Å²) in [4.78, 5) is 26.1. The Balaban J connectivity index is 1.77. The van der Waals surface area contributed by atoms with Gasteiger partial charge in [0.15, 0.2) is 11.5 Å². The van der Waals surface area contributed by atoms with Gasteiger partial charge in [0, 0.05) is 6.42 Å². The van der Waals surface area contributed by atoms with Crippen molar-refractivity contribution in [3.8, 4) is 11.5 Å². The molecule has 0 spiro atoms. The van der Waals surface area contributed by atoms with Crippen LogP contribution in [0.4, 0.5) is 0 Å². The Labute approximate surface area is 220 Å². The lowest BCUT2D eigenvalue weighted by molar-refractivity contribution is -0.147. The van der Waals surface area contributed by atoms with Gasteiger partial charge < -0.3 is 25.6 Å². The molecule has 7 nitrogen and oxygen atoms in total. The minimum Gasteiger partial charge on any atom is -0.505 e. The second-order valence-electron chi connectivity index (χ2n) is 8.05. The Morgan fingerprint density at radius 2 is 1.61 bits per heavy atom.